The van der Waals surface area contributed by atoms with Crippen molar-refractivity contribution in [1.82, 2.24) is 0 Å². The zero-order chi connectivity index (χ0) is 16.1. The highest BCUT2D eigenvalue weighted by Gasteiger charge is 2.16. The number of non-ortho nitro benzene ring substituents is 1. The normalized spacial score (nSPS) is 10.3. The third-order valence-corrected chi connectivity index (χ3v) is 4.13. The van der Waals surface area contributed by atoms with Crippen molar-refractivity contribution >= 4 is 40.6 Å². The molecule has 5 nitrogen and oxygen atoms in total. The molecule has 0 aliphatic carbocycles. The number of benzene rings is 2. The van der Waals surface area contributed by atoms with E-state index in [1.54, 1.807) is 17.8 Å². The second-order valence-electron chi connectivity index (χ2n) is 4.30. The number of hydrogen-bond donors (Lipinski definition) is 1. The van der Waals surface area contributed by atoms with Gasteiger partial charge in [0.2, 0.25) is 0 Å². The summed E-state index contributed by atoms with van der Waals surface area (Å²) in [4.78, 5) is 23.5. The number of nitro groups is 1. The van der Waals surface area contributed by atoms with Crippen LogP contribution in [0.4, 0.5) is 11.4 Å². The van der Waals surface area contributed by atoms with Gasteiger partial charge < -0.3 is 5.32 Å². The van der Waals surface area contributed by atoms with E-state index in [0.29, 0.717) is 5.69 Å². The van der Waals surface area contributed by atoms with Crippen LogP contribution in [0.3, 0.4) is 0 Å². The first kappa shape index (κ1) is 16.3. The second-order valence-corrected chi connectivity index (χ2v) is 6.02. The van der Waals surface area contributed by atoms with Crippen LogP contribution >= 0.6 is 23.4 Å². The Bertz CT molecular complexity index is 722. The molecule has 0 aromatic heterocycles. The highest BCUT2D eigenvalue weighted by molar-refractivity contribution is 7.99. The van der Waals surface area contributed by atoms with Gasteiger partial charge in [0.15, 0.2) is 0 Å². The highest BCUT2D eigenvalue weighted by Crippen LogP contribution is 2.28. The molecule has 0 spiro atoms. The van der Waals surface area contributed by atoms with Gasteiger partial charge >= 0.3 is 0 Å². The minimum Gasteiger partial charge on any atom is -0.321 e. The SMILES string of the molecule is CCSc1ccccc1NC(=O)c1cc([N+](=O)[O-])ccc1Cl. The lowest BCUT2D eigenvalue weighted by Crippen LogP contribution is -2.13. The van der Waals surface area contributed by atoms with Crippen molar-refractivity contribution in [3.8, 4) is 0 Å². The van der Waals surface area contributed by atoms with E-state index in [9.17, 15) is 14.9 Å². The number of hydrogen-bond acceptors (Lipinski definition) is 4. The van der Waals surface area contributed by atoms with Crippen LogP contribution in [0, 0.1) is 10.1 Å². The zero-order valence-electron chi connectivity index (χ0n) is 11.7. The van der Waals surface area contributed by atoms with Gasteiger partial charge in [-0.1, -0.05) is 30.7 Å². The molecule has 0 atom stereocenters. The zero-order valence-corrected chi connectivity index (χ0v) is 13.3. The Hall–Kier alpha value is -2.05. The van der Waals surface area contributed by atoms with Gasteiger partial charge in [-0.3, -0.25) is 14.9 Å². The molecule has 0 aliphatic heterocycles. The molecule has 22 heavy (non-hydrogen) atoms. The maximum absolute atomic E-state index is 12.3. The first-order valence-corrected chi connectivity index (χ1v) is 7.86. The van der Waals surface area contributed by atoms with Gasteiger partial charge in [0.1, 0.15) is 0 Å². The van der Waals surface area contributed by atoms with E-state index >= 15 is 0 Å². The van der Waals surface area contributed by atoms with Gasteiger partial charge in [-0.2, -0.15) is 0 Å². The Morgan fingerprint density at radius 1 is 1.32 bits per heavy atom. The first-order valence-electron chi connectivity index (χ1n) is 6.50. The van der Waals surface area contributed by atoms with Crippen LogP contribution in [0.15, 0.2) is 47.4 Å². The van der Waals surface area contributed by atoms with Gasteiger partial charge in [-0.15, -0.1) is 11.8 Å². The van der Waals surface area contributed by atoms with E-state index < -0.39 is 10.8 Å². The summed E-state index contributed by atoms with van der Waals surface area (Å²) in [5.74, 6) is 0.391. The summed E-state index contributed by atoms with van der Waals surface area (Å²) < 4.78 is 0. The van der Waals surface area contributed by atoms with Crippen molar-refractivity contribution < 1.29 is 9.72 Å². The number of amides is 1. The molecule has 7 heteroatoms. The maximum Gasteiger partial charge on any atom is 0.270 e. The van der Waals surface area contributed by atoms with Crippen molar-refractivity contribution in [2.45, 2.75) is 11.8 Å². The average Bonchev–Trinajstić information content (AvgIpc) is 2.49. The lowest BCUT2D eigenvalue weighted by Gasteiger charge is -2.10. The van der Waals surface area contributed by atoms with Gasteiger partial charge in [-0.05, 0) is 24.0 Å². The number of nitrogens with zero attached hydrogens (tertiary/aromatic N) is 1. The first-order chi connectivity index (χ1) is 10.5. The third-order valence-electron chi connectivity index (χ3n) is 2.84. The monoisotopic (exact) mass is 336 g/mol. The fourth-order valence-electron chi connectivity index (χ4n) is 1.84. The minimum absolute atomic E-state index is 0.0761. The molecule has 1 amide bonds. The van der Waals surface area contributed by atoms with Crippen LogP contribution in [0.2, 0.25) is 5.02 Å². The standard InChI is InChI=1S/C15H13ClN2O3S/c1-2-22-14-6-4-3-5-13(14)17-15(19)11-9-10(18(20)21)7-8-12(11)16/h3-9H,2H2,1H3,(H,17,19). The van der Waals surface area contributed by atoms with Crippen LogP contribution in [0.25, 0.3) is 0 Å². The molecule has 114 valence electrons. The lowest BCUT2D eigenvalue weighted by atomic mass is 10.2. The van der Waals surface area contributed by atoms with E-state index in [1.807, 2.05) is 25.1 Å². The Balaban J connectivity index is 2.30. The fraction of sp³-hybridized carbons (Fsp3) is 0.133. The predicted octanol–water partition coefficient (Wildman–Crippen LogP) is 4.61. The molecule has 0 saturated carbocycles. The van der Waals surface area contributed by atoms with Crippen molar-refractivity contribution in [1.29, 1.82) is 0 Å². The molecule has 0 bridgehead atoms. The van der Waals surface area contributed by atoms with Gasteiger partial charge in [0, 0.05) is 17.0 Å². The summed E-state index contributed by atoms with van der Waals surface area (Å²) >= 11 is 7.57. The Labute approximate surface area is 136 Å². The molecule has 2 aromatic carbocycles. The van der Waals surface area contributed by atoms with Crippen molar-refractivity contribution in [2.75, 3.05) is 11.1 Å². The van der Waals surface area contributed by atoms with Gasteiger partial charge in [0.25, 0.3) is 11.6 Å². The molecule has 0 saturated heterocycles. The number of anilines is 1. The van der Waals surface area contributed by atoms with Crippen LogP contribution in [-0.2, 0) is 0 Å². The molecule has 0 fully saturated rings. The molecule has 1 N–H and O–H groups in total. The minimum atomic E-state index is -0.562. The molecule has 0 heterocycles. The number of carbonyl (C=O) groups excluding carboxylic acids is 1. The number of thioether (sulfide) groups is 1. The van der Waals surface area contributed by atoms with Gasteiger partial charge in [0.05, 0.1) is 21.2 Å². The molecule has 2 aromatic rings. The number of carbonyl (C=O) groups is 1. The third kappa shape index (κ3) is 3.78. The van der Waals surface area contributed by atoms with Crippen LogP contribution in [0.1, 0.15) is 17.3 Å². The number of para-hydroxylation sites is 1. The molecular weight excluding hydrogens is 324 g/mol. The average molecular weight is 337 g/mol. The Morgan fingerprint density at radius 3 is 2.73 bits per heavy atom. The lowest BCUT2D eigenvalue weighted by molar-refractivity contribution is -0.384. The fourth-order valence-corrected chi connectivity index (χ4v) is 2.81. The van der Waals surface area contributed by atoms with Crippen LogP contribution in [-0.4, -0.2) is 16.6 Å². The summed E-state index contributed by atoms with van der Waals surface area (Å²) in [5, 5.41) is 13.7. The quantitative estimate of drug-likeness (QED) is 0.491. The van der Waals surface area contributed by atoms with Crippen molar-refractivity contribution in [3.63, 3.8) is 0 Å². The second kappa shape index (κ2) is 7.29. The molecule has 0 radical (unpaired) electrons. The van der Waals surface area contributed by atoms with E-state index in [1.165, 1.54) is 18.2 Å². The highest BCUT2D eigenvalue weighted by atomic mass is 35.5. The number of rotatable bonds is 5. The molecule has 0 unspecified atom stereocenters. The van der Waals surface area contributed by atoms with Crippen molar-refractivity contribution in [2.24, 2.45) is 0 Å². The summed E-state index contributed by atoms with van der Waals surface area (Å²) in [6.45, 7) is 2.01. The van der Waals surface area contributed by atoms with Crippen LogP contribution < -0.4 is 5.32 Å². The summed E-state index contributed by atoms with van der Waals surface area (Å²) in [6.07, 6.45) is 0. The van der Waals surface area contributed by atoms with E-state index in [2.05, 4.69) is 5.32 Å². The smallest absolute Gasteiger partial charge is 0.270 e. The molecule has 0 aliphatic rings. The predicted molar refractivity (Wildman–Crippen MR) is 88.9 cm³/mol. The largest absolute Gasteiger partial charge is 0.321 e. The van der Waals surface area contributed by atoms with Gasteiger partial charge in [-0.25, -0.2) is 0 Å². The number of nitrogens with one attached hydrogen (secondary N) is 1. The Kier molecular flexibility index (Phi) is 5.41. The summed E-state index contributed by atoms with van der Waals surface area (Å²) in [6, 6.07) is 11.2. The van der Waals surface area contributed by atoms with Crippen molar-refractivity contribution in [3.05, 3.63) is 63.2 Å². The summed E-state index contributed by atoms with van der Waals surface area (Å²) in [7, 11) is 0. The van der Waals surface area contributed by atoms with Crippen LogP contribution in [0.5, 0.6) is 0 Å². The topological polar surface area (TPSA) is 72.2 Å². The molecule has 2 rings (SSSR count). The number of nitro benzene ring substituents is 1. The van der Waals surface area contributed by atoms with E-state index in [0.717, 1.165) is 10.6 Å². The maximum atomic E-state index is 12.3. The van der Waals surface area contributed by atoms with E-state index in [-0.39, 0.29) is 16.3 Å². The van der Waals surface area contributed by atoms with E-state index in [4.69, 9.17) is 11.6 Å². The summed E-state index contributed by atoms with van der Waals surface area (Å²) in [5.41, 5.74) is 0.555. The molecular formula is C15H13ClN2O3S. The number of halogens is 1. The Morgan fingerprint density at radius 2 is 2.05 bits per heavy atom.